The molecule has 0 saturated heterocycles. The molecule has 0 aliphatic heterocycles. The summed E-state index contributed by atoms with van der Waals surface area (Å²) in [6.45, 7) is 4.39. The third-order valence-corrected chi connectivity index (χ3v) is 5.00. The molecule has 2 rings (SSSR count). The van der Waals surface area contributed by atoms with E-state index in [0.717, 1.165) is 16.8 Å². The number of hydrogen-bond donors (Lipinski definition) is 0. The molecule has 0 radical (unpaired) electrons. The van der Waals surface area contributed by atoms with Crippen molar-refractivity contribution in [2.45, 2.75) is 20.0 Å². The number of nitrogens with zero attached hydrogens (tertiary/aromatic N) is 1. The lowest BCUT2D eigenvalue weighted by molar-refractivity contribution is 0.219. The van der Waals surface area contributed by atoms with Crippen molar-refractivity contribution >= 4 is 7.60 Å². The Morgan fingerprint density at radius 2 is 1.67 bits per heavy atom. The summed E-state index contributed by atoms with van der Waals surface area (Å²) in [5, 5.41) is 0. The fourth-order valence-corrected chi connectivity index (χ4v) is 3.76. The Labute approximate surface area is 125 Å². The Hall–Kier alpha value is -1.48. The summed E-state index contributed by atoms with van der Waals surface area (Å²) < 4.78 is 23.1. The highest BCUT2D eigenvalue weighted by molar-refractivity contribution is 7.53. The summed E-state index contributed by atoms with van der Waals surface area (Å²) in [4.78, 5) is 4.31. The maximum Gasteiger partial charge on any atom is 0.335 e. The van der Waals surface area contributed by atoms with Crippen molar-refractivity contribution in [3.63, 3.8) is 0 Å². The second-order valence-electron chi connectivity index (χ2n) is 4.52. The van der Waals surface area contributed by atoms with E-state index in [0.29, 0.717) is 13.2 Å². The molecule has 2 aromatic rings. The number of hydrogen-bond acceptors (Lipinski definition) is 4. The molecular formula is C16H20NO3P. The van der Waals surface area contributed by atoms with E-state index in [1.165, 1.54) is 0 Å². The van der Waals surface area contributed by atoms with Gasteiger partial charge in [-0.3, -0.25) is 9.55 Å². The lowest BCUT2D eigenvalue weighted by Gasteiger charge is -2.17. The first-order valence-electron chi connectivity index (χ1n) is 7.05. The third-order valence-electron chi connectivity index (χ3n) is 2.94. The van der Waals surface area contributed by atoms with Gasteiger partial charge in [0.05, 0.1) is 25.1 Å². The minimum absolute atomic E-state index is 0.289. The van der Waals surface area contributed by atoms with Crippen LogP contribution < -0.4 is 0 Å². The van der Waals surface area contributed by atoms with Gasteiger partial charge in [0.25, 0.3) is 0 Å². The zero-order valence-electron chi connectivity index (χ0n) is 12.4. The van der Waals surface area contributed by atoms with E-state index >= 15 is 0 Å². The Morgan fingerprint density at radius 3 is 2.19 bits per heavy atom. The summed E-state index contributed by atoms with van der Waals surface area (Å²) >= 11 is 0. The topological polar surface area (TPSA) is 48.4 Å². The molecule has 0 N–H and O–H groups in total. The van der Waals surface area contributed by atoms with Crippen molar-refractivity contribution < 1.29 is 13.6 Å². The fourth-order valence-electron chi connectivity index (χ4n) is 2.06. The highest BCUT2D eigenvalue weighted by atomic mass is 31.2. The van der Waals surface area contributed by atoms with Gasteiger partial charge in [0.1, 0.15) is 0 Å². The van der Waals surface area contributed by atoms with Gasteiger partial charge >= 0.3 is 7.60 Å². The average Bonchev–Trinajstić information content (AvgIpc) is 2.49. The van der Waals surface area contributed by atoms with Gasteiger partial charge in [0.15, 0.2) is 0 Å². The zero-order chi connectivity index (χ0) is 15.1. The van der Waals surface area contributed by atoms with Gasteiger partial charge < -0.3 is 9.05 Å². The summed E-state index contributed by atoms with van der Waals surface area (Å²) in [5.41, 5.74) is 2.88. The predicted octanol–water partition coefficient (Wildman–Crippen LogP) is 4.51. The van der Waals surface area contributed by atoms with E-state index in [1.54, 1.807) is 6.20 Å². The van der Waals surface area contributed by atoms with Crippen LogP contribution in [-0.2, 0) is 19.8 Å². The fraction of sp³-hybridized carbons (Fsp3) is 0.312. The smallest absolute Gasteiger partial charge is 0.309 e. The number of aromatic nitrogens is 1. The van der Waals surface area contributed by atoms with E-state index in [2.05, 4.69) is 4.98 Å². The van der Waals surface area contributed by atoms with Crippen molar-refractivity contribution in [3.8, 4) is 11.3 Å². The molecule has 4 nitrogen and oxygen atoms in total. The largest absolute Gasteiger partial charge is 0.335 e. The van der Waals surface area contributed by atoms with E-state index < -0.39 is 7.60 Å². The van der Waals surface area contributed by atoms with Crippen molar-refractivity contribution in [1.82, 2.24) is 4.98 Å². The predicted molar refractivity (Wildman–Crippen MR) is 84.2 cm³/mol. The molecule has 1 aromatic carbocycles. The maximum absolute atomic E-state index is 12.5. The summed E-state index contributed by atoms with van der Waals surface area (Å²) in [5.74, 6) is 0. The minimum atomic E-state index is -3.04. The maximum atomic E-state index is 12.5. The molecular weight excluding hydrogens is 285 g/mol. The molecule has 1 heterocycles. The Balaban J connectivity index is 2.13. The van der Waals surface area contributed by atoms with Gasteiger partial charge in [-0.1, -0.05) is 30.3 Å². The number of rotatable bonds is 7. The van der Waals surface area contributed by atoms with Crippen LogP contribution in [0.4, 0.5) is 0 Å². The Kier molecular flexibility index (Phi) is 5.68. The van der Waals surface area contributed by atoms with Crippen LogP contribution in [0.1, 0.15) is 19.4 Å². The van der Waals surface area contributed by atoms with Crippen LogP contribution >= 0.6 is 7.60 Å². The standard InChI is InChI=1S/C16H20NO3P/c1-3-19-21(18,20-4-2)13-14-8-10-15(11-9-14)16-7-5-6-12-17-16/h5-12H,3-4,13H2,1-2H3. The molecule has 0 amide bonds. The monoisotopic (exact) mass is 305 g/mol. The molecule has 21 heavy (non-hydrogen) atoms. The molecule has 0 aliphatic carbocycles. The normalized spacial score (nSPS) is 11.5. The number of pyridine rings is 1. The quantitative estimate of drug-likeness (QED) is 0.706. The molecule has 112 valence electrons. The van der Waals surface area contributed by atoms with Crippen LogP contribution in [0.25, 0.3) is 11.3 Å². The molecule has 0 spiro atoms. The molecule has 5 heteroatoms. The summed E-state index contributed by atoms with van der Waals surface area (Å²) in [7, 11) is -3.04. The van der Waals surface area contributed by atoms with Gasteiger partial charge in [0.2, 0.25) is 0 Å². The van der Waals surface area contributed by atoms with Crippen LogP contribution in [0.5, 0.6) is 0 Å². The molecule has 0 fully saturated rings. The second-order valence-corrected chi connectivity index (χ2v) is 6.57. The van der Waals surface area contributed by atoms with Crippen LogP contribution in [0.3, 0.4) is 0 Å². The van der Waals surface area contributed by atoms with E-state index in [4.69, 9.17) is 9.05 Å². The number of benzene rings is 1. The molecule has 1 aromatic heterocycles. The van der Waals surface area contributed by atoms with Crippen molar-refractivity contribution in [1.29, 1.82) is 0 Å². The highest BCUT2D eigenvalue weighted by Crippen LogP contribution is 2.51. The van der Waals surface area contributed by atoms with Crippen LogP contribution in [0.2, 0.25) is 0 Å². The van der Waals surface area contributed by atoms with Crippen LogP contribution in [0.15, 0.2) is 48.7 Å². The van der Waals surface area contributed by atoms with Gasteiger partial charge in [-0.05, 0) is 31.5 Å². The zero-order valence-corrected chi connectivity index (χ0v) is 13.3. The van der Waals surface area contributed by atoms with Crippen molar-refractivity contribution in [3.05, 3.63) is 54.2 Å². The molecule has 0 bridgehead atoms. The minimum Gasteiger partial charge on any atom is -0.309 e. The molecule has 0 saturated carbocycles. The van der Waals surface area contributed by atoms with E-state index in [-0.39, 0.29) is 6.16 Å². The average molecular weight is 305 g/mol. The first-order chi connectivity index (χ1) is 10.2. The molecule has 0 aliphatic rings. The van der Waals surface area contributed by atoms with E-state index in [1.807, 2.05) is 56.3 Å². The summed E-state index contributed by atoms with van der Waals surface area (Å²) in [6, 6.07) is 13.6. The van der Waals surface area contributed by atoms with Crippen molar-refractivity contribution in [2.75, 3.05) is 13.2 Å². The second kappa shape index (κ2) is 7.51. The lowest BCUT2D eigenvalue weighted by atomic mass is 10.1. The van der Waals surface area contributed by atoms with Crippen LogP contribution in [-0.4, -0.2) is 18.2 Å². The van der Waals surface area contributed by atoms with Crippen molar-refractivity contribution in [2.24, 2.45) is 0 Å². The van der Waals surface area contributed by atoms with Gasteiger partial charge in [-0.15, -0.1) is 0 Å². The van der Waals surface area contributed by atoms with Gasteiger partial charge in [-0.2, -0.15) is 0 Å². The van der Waals surface area contributed by atoms with Gasteiger partial charge in [0, 0.05) is 11.8 Å². The molecule has 0 unspecified atom stereocenters. The highest BCUT2D eigenvalue weighted by Gasteiger charge is 2.23. The first kappa shape index (κ1) is 15.9. The Morgan fingerprint density at radius 1 is 1.00 bits per heavy atom. The third kappa shape index (κ3) is 4.50. The Bertz CT molecular complexity index is 589. The lowest BCUT2D eigenvalue weighted by Crippen LogP contribution is -1.99. The van der Waals surface area contributed by atoms with E-state index in [9.17, 15) is 4.57 Å². The SMILES string of the molecule is CCOP(=O)(Cc1ccc(-c2ccccn2)cc1)OCC. The van der Waals surface area contributed by atoms with Gasteiger partial charge in [-0.25, -0.2) is 0 Å². The van der Waals surface area contributed by atoms with Crippen LogP contribution in [0, 0.1) is 0 Å². The summed E-state index contributed by atoms with van der Waals surface area (Å²) in [6.07, 6.45) is 2.05. The molecule has 0 atom stereocenters. The first-order valence-corrected chi connectivity index (χ1v) is 8.78.